The lowest BCUT2D eigenvalue weighted by Gasteiger charge is -2.15. The maximum atomic E-state index is 12.7. The number of hydrogen-bond acceptors (Lipinski definition) is 2. The Bertz CT molecular complexity index is 1050. The molecule has 2 amide bonds. The lowest BCUT2D eigenvalue weighted by molar-refractivity contribution is 0.262. The van der Waals surface area contributed by atoms with Gasteiger partial charge in [-0.25, -0.2) is 4.79 Å². The molecule has 2 N–H and O–H groups in total. The molecule has 0 aliphatic carbocycles. The Labute approximate surface area is 159 Å². The molecule has 0 bridgehead atoms. The summed E-state index contributed by atoms with van der Waals surface area (Å²) < 4.78 is 1.67. The van der Waals surface area contributed by atoms with Crippen LogP contribution in [0.2, 0.25) is 0 Å². The number of carbonyl (C=O) groups excluding carboxylic acids is 1. The second kappa shape index (κ2) is 7.66. The molecule has 0 unspecified atom stereocenters. The van der Waals surface area contributed by atoms with Crippen LogP contribution in [0.25, 0.3) is 10.8 Å². The van der Waals surface area contributed by atoms with Crippen LogP contribution in [0, 0.1) is 19.8 Å². The van der Waals surface area contributed by atoms with E-state index in [0.29, 0.717) is 23.5 Å². The summed E-state index contributed by atoms with van der Waals surface area (Å²) in [4.78, 5) is 25.3. The van der Waals surface area contributed by atoms with Gasteiger partial charge in [-0.3, -0.25) is 4.79 Å². The Morgan fingerprint density at radius 3 is 2.33 bits per heavy atom. The Hall–Kier alpha value is -3.08. The first-order valence-electron chi connectivity index (χ1n) is 9.12. The quantitative estimate of drug-likeness (QED) is 0.691. The van der Waals surface area contributed by atoms with Crippen molar-refractivity contribution < 1.29 is 4.79 Å². The second-order valence-corrected chi connectivity index (χ2v) is 7.34. The number of rotatable bonds is 4. The van der Waals surface area contributed by atoms with Gasteiger partial charge < -0.3 is 15.2 Å². The number of nitrogens with one attached hydrogen (secondary N) is 2. The highest BCUT2D eigenvalue weighted by atomic mass is 16.2. The number of urea groups is 1. The molecule has 5 nitrogen and oxygen atoms in total. The number of aromatic nitrogens is 1. The van der Waals surface area contributed by atoms with Crippen molar-refractivity contribution in [3.63, 3.8) is 0 Å². The lowest BCUT2D eigenvalue weighted by Crippen LogP contribution is -2.25. The summed E-state index contributed by atoms with van der Waals surface area (Å²) in [5.74, 6) is 0.320. The van der Waals surface area contributed by atoms with Crippen LogP contribution in [-0.2, 0) is 6.54 Å². The van der Waals surface area contributed by atoms with E-state index in [9.17, 15) is 9.59 Å². The molecule has 0 saturated carbocycles. The highest BCUT2D eigenvalue weighted by Crippen LogP contribution is 2.22. The first-order valence-corrected chi connectivity index (χ1v) is 9.12. The normalized spacial score (nSPS) is 11.0. The average Bonchev–Trinajstić information content (AvgIpc) is 2.61. The van der Waals surface area contributed by atoms with E-state index in [0.717, 1.165) is 22.2 Å². The average molecular weight is 363 g/mol. The number of aryl methyl sites for hydroxylation is 2. The van der Waals surface area contributed by atoms with E-state index in [2.05, 4.69) is 24.5 Å². The van der Waals surface area contributed by atoms with Crippen LogP contribution in [0.15, 0.2) is 53.5 Å². The van der Waals surface area contributed by atoms with E-state index in [1.54, 1.807) is 16.8 Å². The number of fused-ring (bicyclic) bond motifs is 1. The van der Waals surface area contributed by atoms with Crippen molar-refractivity contribution in [3.8, 4) is 0 Å². The third kappa shape index (κ3) is 4.19. The summed E-state index contributed by atoms with van der Waals surface area (Å²) in [5, 5.41) is 7.13. The molecule has 0 fully saturated rings. The Morgan fingerprint density at radius 2 is 1.67 bits per heavy atom. The minimum absolute atomic E-state index is 0.0420. The number of hydrogen-bond donors (Lipinski definition) is 2. The molecule has 0 aliphatic rings. The van der Waals surface area contributed by atoms with Gasteiger partial charge in [0.25, 0.3) is 5.56 Å². The fourth-order valence-corrected chi connectivity index (χ4v) is 3.20. The highest BCUT2D eigenvalue weighted by Gasteiger charge is 2.12. The third-order valence-corrected chi connectivity index (χ3v) is 4.43. The van der Waals surface area contributed by atoms with E-state index in [-0.39, 0.29) is 11.6 Å². The summed E-state index contributed by atoms with van der Waals surface area (Å²) in [7, 11) is 0. The Balaban J connectivity index is 1.94. The minimum Gasteiger partial charge on any atom is -0.313 e. The van der Waals surface area contributed by atoms with Crippen molar-refractivity contribution in [3.05, 3.63) is 70.1 Å². The molecule has 140 valence electrons. The number of benzene rings is 2. The predicted octanol–water partition coefficient (Wildman–Crippen LogP) is 4.92. The van der Waals surface area contributed by atoms with Gasteiger partial charge in [0, 0.05) is 29.2 Å². The summed E-state index contributed by atoms with van der Waals surface area (Å²) in [6.45, 7) is 8.68. The van der Waals surface area contributed by atoms with Crippen molar-refractivity contribution in [2.24, 2.45) is 5.92 Å². The summed E-state index contributed by atoms with van der Waals surface area (Å²) in [6, 6.07) is 12.9. The zero-order valence-corrected chi connectivity index (χ0v) is 16.2. The highest BCUT2D eigenvalue weighted by molar-refractivity contribution is 6.06. The number of pyridine rings is 1. The molecule has 0 atom stereocenters. The monoisotopic (exact) mass is 363 g/mol. The van der Waals surface area contributed by atoms with Crippen molar-refractivity contribution in [2.45, 2.75) is 34.2 Å². The van der Waals surface area contributed by atoms with Crippen LogP contribution >= 0.6 is 0 Å². The fraction of sp³-hybridized carbons (Fsp3) is 0.273. The summed E-state index contributed by atoms with van der Waals surface area (Å²) >= 11 is 0. The zero-order valence-electron chi connectivity index (χ0n) is 16.2. The van der Waals surface area contributed by atoms with Crippen LogP contribution in [0.5, 0.6) is 0 Å². The van der Waals surface area contributed by atoms with Gasteiger partial charge in [0.15, 0.2) is 0 Å². The van der Waals surface area contributed by atoms with E-state index in [4.69, 9.17) is 0 Å². The van der Waals surface area contributed by atoms with Gasteiger partial charge in [0.2, 0.25) is 0 Å². The first-order chi connectivity index (χ1) is 12.8. The molecule has 3 rings (SSSR count). The molecular weight excluding hydrogens is 338 g/mol. The van der Waals surface area contributed by atoms with Gasteiger partial charge in [-0.1, -0.05) is 49.7 Å². The SMILES string of the molecule is Cc1ccc(NC(=O)Nc2cn(CC(C)C)c(=O)c3ccccc23)c(C)c1. The van der Waals surface area contributed by atoms with E-state index in [1.807, 2.05) is 50.2 Å². The topological polar surface area (TPSA) is 63.1 Å². The number of amides is 2. The Kier molecular flexibility index (Phi) is 5.31. The van der Waals surface area contributed by atoms with E-state index >= 15 is 0 Å². The largest absolute Gasteiger partial charge is 0.323 e. The molecular formula is C22H25N3O2. The van der Waals surface area contributed by atoms with Crippen molar-refractivity contribution >= 4 is 28.2 Å². The molecule has 1 heterocycles. The second-order valence-electron chi connectivity index (χ2n) is 7.34. The van der Waals surface area contributed by atoms with Crippen LogP contribution in [0.1, 0.15) is 25.0 Å². The molecule has 0 radical (unpaired) electrons. The predicted molar refractivity (Wildman–Crippen MR) is 112 cm³/mol. The van der Waals surface area contributed by atoms with Crippen LogP contribution in [0.3, 0.4) is 0 Å². The molecule has 0 aliphatic heterocycles. The van der Waals surface area contributed by atoms with Crippen LogP contribution < -0.4 is 16.2 Å². The summed E-state index contributed by atoms with van der Waals surface area (Å²) in [5.41, 5.74) is 3.48. The molecule has 0 saturated heterocycles. The molecule has 27 heavy (non-hydrogen) atoms. The van der Waals surface area contributed by atoms with Crippen LogP contribution in [-0.4, -0.2) is 10.6 Å². The van der Waals surface area contributed by atoms with Gasteiger partial charge in [0.05, 0.1) is 5.69 Å². The summed E-state index contributed by atoms with van der Waals surface area (Å²) in [6.07, 6.45) is 1.73. The molecule has 0 spiro atoms. The zero-order chi connectivity index (χ0) is 19.6. The smallest absolute Gasteiger partial charge is 0.313 e. The standard InChI is InChI=1S/C22H25N3O2/c1-14(2)12-25-13-20(17-7-5-6-8-18(17)21(25)26)24-22(27)23-19-10-9-15(3)11-16(19)4/h5-11,13-14H,12H2,1-4H3,(H2,23,24,27). The van der Waals surface area contributed by atoms with Gasteiger partial charge in [-0.05, 0) is 37.5 Å². The van der Waals surface area contributed by atoms with Gasteiger partial charge in [-0.15, -0.1) is 0 Å². The molecule has 3 aromatic rings. The van der Waals surface area contributed by atoms with E-state index < -0.39 is 0 Å². The van der Waals surface area contributed by atoms with Gasteiger partial charge in [-0.2, -0.15) is 0 Å². The van der Waals surface area contributed by atoms with Crippen LogP contribution in [0.4, 0.5) is 16.2 Å². The van der Waals surface area contributed by atoms with Gasteiger partial charge in [0.1, 0.15) is 0 Å². The third-order valence-electron chi connectivity index (χ3n) is 4.43. The van der Waals surface area contributed by atoms with Crippen molar-refractivity contribution in [1.29, 1.82) is 0 Å². The fourth-order valence-electron chi connectivity index (χ4n) is 3.20. The van der Waals surface area contributed by atoms with Crippen molar-refractivity contribution in [1.82, 2.24) is 4.57 Å². The van der Waals surface area contributed by atoms with Gasteiger partial charge >= 0.3 is 6.03 Å². The lowest BCUT2D eigenvalue weighted by atomic mass is 10.1. The number of nitrogens with zero attached hydrogens (tertiary/aromatic N) is 1. The number of carbonyl (C=O) groups is 1. The number of anilines is 2. The molecule has 2 aromatic carbocycles. The van der Waals surface area contributed by atoms with Crippen molar-refractivity contribution in [2.75, 3.05) is 10.6 Å². The maximum absolute atomic E-state index is 12.7. The maximum Gasteiger partial charge on any atom is 0.323 e. The Morgan fingerprint density at radius 1 is 1.00 bits per heavy atom. The minimum atomic E-state index is -0.332. The first kappa shape index (κ1) is 18.7. The molecule has 5 heteroatoms. The molecule has 1 aromatic heterocycles. The van der Waals surface area contributed by atoms with E-state index in [1.165, 1.54) is 0 Å².